The van der Waals surface area contributed by atoms with E-state index in [2.05, 4.69) is 159 Å². The molecule has 0 amide bonds. The molecule has 1 aliphatic carbocycles. The Labute approximate surface area is 284 Å². The molecule has 49 heavy (non-hydrogen) atoms. The Balaban J connectivity index is 1.15. The third kappa shape index (κ3) is 4.19. The smallest absolute Gasteiger partial charge is 0.0972 e. The van der Waals surface area contributed by atoms with Gasteiger partial charge in [0.25, 0.3) is 0 Å². The van der Waals surface area contributed by atoms with Gasteiger partial charge in [0.15, 0.2) is 0 Å². The van der Waals surface area contributed by atoms with Crippen LogP contribution in [0.25, 0.3) is 88.4 Å². The van der Waals surface area contributed by atoms with Gasteiger partial charge in [0.05, 0.1) is 33.6 Å². The number of rotatable bonds is 3. The van der Waals surface area contributed by atoms with E-state index in [0.29, 0.717) is 0 Å². The molecule has 1 aliphatic rings. The normalized spacial score (nSPS) is 13.3. The molecule has 0 N–H and O–H groups in total. The van der Waals surface area contributed by atoms with Crippen LogP contribution in [0.5, 0.6) is 0 Å². The molecule has 6 aromatic carbocycles. The zero-order valence-electron chi connectivity index (χ0n) is 27.3. The summed E-state index contributed by atoms with van der Waals surface area (Å²) in [6.45, 7) is 4.68. The van der Waals surface area contributed by atoms with E-state index in [9.17, 15) is 0 Å². The van der Waals surface area contributed by atoms with E-state index in [1.54, 1.807) is 0 Å². The summed E-state index contributed by atoms with van der Waals surface area (Å²) in [6.07, 6.45) is 0. The summed E-state index contributed by atoms with van der Waals surface area (Å²) in [5.74, 6) is 0. The quantitative estimate of drug-likeness (QED) is 0.183. The molecule has 3 aromatic heterocycles. The van der Waals surface area contributed by atoms with Crippen LogP contribution in [-0.4, -0.2) is 15.0 Å². The molecule has 3 nitrogen and oxygen atoms in total. The fourth-order valence-corrected chi connectivity index (χ4v) is 7.98. The average molecular weight is 626 g/mol. The highest BCUT2D eigenvalue weighted by Gasteiger charge is 2.39. The molecular weight excluding hydrogens is 595 g/mol. The Morgan fingerprint density at radius 3 is 1.71 bits per heavy atom. The lowest BCUT2D eigenvalue weighted by atomic mass is 9.78. The van der Waals surface area contributed by atoms with E-state index in [1.165, 1.54) is 44.0 Å². The molecule has 10 rings (SSSR count). The van der Waals surface area contributed by atoms with Gasteiger partial charge in [0, 0.05) is 43.7 Å². The topological polar surface area (TPSA) is 38.7 Å². The number of fused-ring (bicyclic) bond motifs is 9. The van der Waals surface area contributed by atoms with E-state index in [-0.39, 0.29) is 5.41 Å². The molecule has 0 saturated heterocycles. The highest BCUT2D eigenvalue weighted by Crippen LogP contribution is 2.53. The number of hydrogen-bond acceptors (Lipinski definition) is 3. The van der Waals surface area contributed by atoms with Crippen molar-refractivity contribution in [1.29, 1.82) is 0 Å². The van der Waals surface area contributed by atoms with E-state index in [1.807, 2.05) is 6.07 Å². The van der Waals surface area contributed by atoms with Crippen LogP contribution in [0.2, 0.25) is 0 Å². The first-order chi connectivity index (χ1) is 24.0. The predicted molar refractivity (Wildman–Crippen MR) is 204 cm³/mol. The van der Waals surface area contributed by atoms with Crippen LogP contribution in [0.1, 0.15) is 25.0 Å². The van der Waals surface area contributed by atoms with Crippen LogP contribution in [0, 0.1) is 0 Å². The Morgan fingerprint density at radius 2 is 0.980 bits per heavy atom. The van der Waals surface area contributed by atoms with E-state index >= 15 is 0 Å². The minimum absolute atomic E-state index is 0.195. The number of hydrogen-bond donors (Lipinski definition) is 0. The fraction of sp³-hybridized carbons (Fsp3) is 0.0652. The first-order valence-corrected chi connectivity index (χ1v) is 16.9. The van der Waals surface area contributed by atoms with Gasteiger partial charge in [-0.05, 0) is 39.8 Å². The molecule has 0 atom stereocenters. The number of pyridine rings is 3. The predicted octanol–water partition coefficient (Wildman–Crippen LogP) is 11.8. The Hall–Kier alpha value is -6.19. The Morgan fingerprint density at radius 1 is 0.408 bits per heavy atom. The SMILES string of the molecule is CC1(C)c2ccccc2-c2nc3c(ccc4ccccc43)c(-c3ccc(-c4ccc5ccc6ccc(-c7ccccc7)nc6c5n4)cc3)c21. The second-order valence-corrected chi connectivity index (χ2v) is 13.6. The van der Waals surface area contributed by atoms with Gasteiger partial charge in [-0.25, -0.2) is 15.0 Å². The maximum Gasteiger partial charge on any atom is 0.0972 e. The molecule has 0 radical (unpaired) electrons. The van der Waals surface area contributed by atoms with Crippen molar-refractivity contribution in [3.63, 3.8) is 0 Å². The standard InChI is InChI=1S/C46H31N3/c1-46(2)37-15-9-8-14-35(37)45-41(46)40(36-25-22-28-10-6-7-13-34(28)44(36)49-45)31-18-16-30(17-19-31)39-27-24-33-21-20-32-23-26-38(29-11-4-3-5-12-29)47-42(32)43(33)48-39/h3-27H,1-2H3. The molecular formula is C46H31N3. The third-order valence-electron chi connectivity index (χ3n) is 10.4. The largest absolute Gasteiger partial charge is 0.247 e. The van der Waals surface area contributed by atoms with Gasteiger partial charge in [-0.1, -0.05) is 153 Å². The second kappa shape index (κ2) is 10.4. The molecule has 3 heterocycles. The van der Waals surface area contributed by atoms with Gasteiger partial charge in [-0.2, -0.15) is 0 Å². The third-order valence-corrected chi connectivity index (χ3v) is 10.4. The minimum atomic E-state index is -0.195. The molecule has 0 fully saturated rings. The van der Waals surface area contributed by atoms with Crippen molar-refractivity contribution >= 4 is 43.5 Å². The molecule has 0 aliphatic heterocycles. The first kappa shape index (κ1) is 27.9. The number of benzene rings is 6. The maximum absolute atomic E-state index is 5.44. The van der Waals surface area contributed by atoms with Gasteiger partial charge in [0.1, 0.15) is 0 Å². The molecule has 0 unspecified atom stereocenters. The summed E-state index contributed by atoms with van der Waals surface area (Å²) in [4.78, 5) is 15.8. The van der Waals surface area contributed by atoms with E-state index in [4.69, 9.17) is 15.0 Å². The van der Waals surface area contributed by atoms with Crippen LogP contribution < -0.4 is 0 Å². The summed E-state index contributed by atoms with van der Waals surface area (Å²) in [5.41, 5.74) is 14.1. The van der Waals surface area contributed by atoms with Crippen LogP contribution >= 0.6 is 0 Å². The molecule has 0 bridgehead atoms. The lowest BCUT2D eigenvalue weighted by Crippen LogP contribution is -2.16. The summed E-state index contributed by atoms with van der Waals surface area (Å²) in [7, 11) is 0. The lowest BCUT2D eigenvalue weighted by Gasteiger charge is -2.25. The van der Waals surface area contributed by atoms with Crippen LogP contribution in [0.4, 0.5) is 0 Å². The van der Waals surface area contributed by atoms with Gasteiger partial charge < -0.3 is 0 Å². The van der Waals surface area contributed by atoms with Crippen molar-refractivity contribution in [3.05, 3.63) is 163 Å². The number of aromatic nitrogens is 3. The van der Waals surface area contributed by atoms with Gasteiger partial charge in [-0.3, -0.25) is 0 Å². The van der Waals surface area contributed by atoms with Crippen molar-refractivity contribution < 1.29 is 0 Å². The van der Waals surface area contributed by atoms with Crippen molar-refractivity contribution in [2.24, 2.45) is 0 Å². The van der Waals surface area contributed by atoms with Gasteiger partial charge in [-0.15, -0.1) is 0 Å². The van der Waals surface area contributed by atoms with E-state index in [0.717, 1.165) is 55.5 Å². The van der Waals surface area contributed by atoms with Crippen molar-refractivity contribution in [3.8, 4) is 44.9 Å². The highest BCUT2D eigenvalue weighted by atomic mass is 14.8. The summed E-state index contributed by atoms with van der Waals surface area (Å²) in [5, 5.41) is 5.73. The van der Waals surface area contributed by atoms with Gasteiger partial charge in [0.2, 0.25) is 0 Å². The summed E-state index contributed by atoms with van der Waals surface area (Å²) >= 11 is 0. The lowest BCUT2D eigenvalue weighted by molar-refractivity contribution is 0.662. The number of nitrogens with zero attached hydrogens (tertiary/aromatic N) is 3. The summed E-state index contributed by atoms with van der Waals surface area (Å²) < 4.78 is 0. The highest BCUT2D eigenvalue weighted by molar-refractivity contribution is 6.13. The average Bonchev–Trinajstić information content (AvgIpc) is 3.39. The molecule has 3 heteroatoms. The molecule has 230 valence electrons. The molecule has 0 saturated carbocycles. The summed E-state index contributed by atoms with van der Waals surface area (Å²) in [6, 6.07) is 53.9. The zero-order valence-corrected chi connectivity index (χ0v) is 27.3. The maximum atomic E-state index is 5.44. The van der Waals surface area contributed by atoms with Crippen molar-refractivity contribution in [1.82, 2.24) is 15.0 Å². The van der Waals surface area contributed by atoms with E-state index < -0.39 is 0 Å². The van der Waals surface area contributed by atoms with Crippen LogP contribution in [-0.2, 0) is 5.41 Å². The Bertz CT molecular complexity index is 2780. The first-order valence-electron chi connectivity index (χ1n) is 16.9. The Kier molecular flexibility index (Phi) is 5.92. The zero-order chi connectivity index (χ0) is 32.7. The fourth-order valence-electron chi connectivity index (χ4n) is 7.98. The monoisotopic (exact) mass is 625 g/mol. The molecule has 9 aromatic rings. The van der Waals surface area contributed by atoms with Crippen molar-refractivity contribution in [2.75, 3.05) is 0 Å². The minimum Gasteiger partial charge on any atom is -0.247 e. The molecule has 0 spiro atoms. The van der Waals surface area contributed by atoms with Crippen LogP contribution in [0.3, 0.4) is 0 Å². The van der Waals surface area contributed by atoms with Gasteiger partial charge >= 0.3 is 0 Å². The van der Waals surface area contributed by atoms with Crippen LogP contribution in [0.15, 0.2) is 152 Å². The van der Waals surface area contributed by atoms with Crippen molar-refractivity contribution in [2.45, 2.75) is 19.3 Å². The second-order valence-electron chi connectivity index (χ2n) is 13.6.